The van der Waals surface area contributed by atoms with Gasteiger partial charge in [-0.3, -0.25) is 4.79 Å². The number of methoxy groups -OCH3 is 1. The van der Waals surface area contributed by atoms with Crippen LogP contribution in [0, 0.1) is 13.8 Å². The van der Waals surface area contributed by atoms with Crippen LogP contribution in [0.2, 0.25) is 0 Å². The molecule has 0 aromatic heterocycles. The molecule has 112 valence electrons. The molecule has 20 heavy (non-hydrogen) atoms. The molecule has 4 nitrogen and oxygen atoms in total. The normalized spacial score (nSPS) is 13.7. The van der Waals surface area contributed by atoms with Crippen LogP contribution in [-0.4, -0.2) is 31.8 Å². The summed E-state index contributed by atoms with van der Waals surface area (Å²) in [5.41, 5.74) is 1.50. The molecule has 0 fully saturated rings. The Balaban J connectivity index is 2.68. The zero-order valence-electron chi connectivity index (χ0n) is 13.1. The number of esters is 1. The lowest BCUT2D eigenvalue weighted by Crippen LogP contribution is -2.51. The standard InChI is InChI=1S/C16H25NO3/c1-6-17-16(4,15(18)19-5)10-11-20-14-12(2)8-7-9-13(14)3/h7-9,17H,6,10-11H2,1-5H3. The SMILES string of the molecule is CCNC(C)(CCOc1c(C)cccc1C)C(=O)OC. The molecule has 1 rings (SSSR count). The molecule has 0 aliphatic rings. The van der Waals surface area contributed by atoms with E-state index < -0.39 is 5.54 Å². The summed E-state index contributed by atoms with van der Waals surface area (Å²) in [5.74, 6) is 0.640. The molecule has 1 N–H and O–H groups in total. The highest BCUT2D eigenvalue weighted by molar-refractivity contribution is 5.80. The maximum Gasteiger partial charge on any atom is 0.325 e. The number of carbonyl (C=O) groups excluding carboxylic acids is 1. The number of rotatable bonds is 7. The van der Waals surface area contributed by atoms with Gasteiger partial charge in [0.05, 0.1) is 13.7 Å². The third kappa shape index (κ3) is 3.97. The molecule has 1 aromatic rings. The first-order chi connectivity index (χ1) is 9.44. The van der Waals surface area contributed by atoms with Crippen molar-refractivity contribution < 1.29 is 14.3 Å². The molecule has 0 bridgehead atoms. The van der Waals surface area contributed by atoms with Crippen LogP contribution in [-0.2, 0) is 9.53 Å². The molecule has 0 radical (unpaired) electrons. The van der Waals surface area contributed by atoms with Gasteiger partial charge in [-0.2, -0.15) is 0 Å². The lowest BCUT2D eigenvalue weighted by atomic mass is 9.98. The van der Waals surface area contributed by atoms with Crippen molar-refractivity contribution in [2.45, 2.75) is 39.7 Å². The number of likely N-dealkylation sites (N-methyl/N-ethyl adjacent to an activating group) is 1. The van der Waals surface area contributed by atoms with E-state index in [1.54, 1.807) is 0 Å². The summed E-state index contributed by atoms with van der Waals surface area (Å²) in [6.45, 7) is 9.02. The van der Waals surface area contributed by atoms with Gasteiger partial charge < -0.3 is 14.8 Å². The molecule has 0 aliphatic heterocycles. The van der Waals surface area contributed by atoms with Crippen molar-refractivity contribution in [3.8, 4) is 5.75 Å². The summed E-state index contributed by atoms with van der Waals surface area (Å²) in [7, 11) is 1.41. The molecule has 0 spiro atoms. The fourth-order valence-corrected chi connectivity index (χ4v) is 2.26. The number of nitrogens with one attached hydrogen (secondary N) is 1. The van der Waals surface area contributed by atoms with Crippen LogP contribution in [0.25, 0.3) is 0 Å². The van der Waals surface area contributed by atoms with Crippen molar-refractivity contribution in [1.82, 2.24) is 5.32 Å². The number of benzene rings is 1. The summed E-state index contributed by atoms with van der Waals surface area (Å²) < 4.78 is 10.7. The molecule has 1 unspecified atom stereocenters. The van der Waals surface area contributed by atoms with E-state index in [-0.39, 0.29) is 5.97 Å². The Hall–Kier alpha value is -1.55. The minimum absolute atomic E-state index is 0.260. The number of hydrogen-bond donors (Lipinski definition) is 1. The van der Waals surface area contributed by atoms with Crippen LogP contribution in [0.5, 0.6) is 5.75 Å². The van der Waals surface area contributed by atoms with Gasteiger partial charge in [-0.25, -0.2) is 0 Å². The van der Waals surface area contributed by atoms with Crippen LogP contribution in [0.4, 0.5) is 0 Å². The molecular weight excluding hydrogens is 254 g/mol. The smallest absolute Gasteiger partial charge is 0.325 e. The first kappa shape index (κ1) is 16.5. The number of ether oxygens (including phenoxy) is 2. The van der Waals surface area contributed by atoms with Crippen LogP contribution >= 0.6 is 0 Å². The van der Waals surface area contributed by atoms with Gasteiger partial charge in [0.15, 0.2) is 0 Å². The number of hydrogen-bond acceptors (Lipinski definition) is 4. The van der Waals surface area contributed by atoms with Crippen LogP contribution in [0.15, 0.2) is 18.2 Å². The third-order valence-corrected chi connectivity index (χ3v) is 3.46. The van der Waals surface area contributed by atoms with Crippen molar-refractivity contribution >= 4 is 5.97 Å². The quantitative estimate of drug-likeness (QED) is 0.779. The molecule has 1 atom stereocenters. The van der Waals surface area contributed by atoms with E-state index in [9.17, 15) is 4.79 Å². The van der Waals surface area contributed by atoms with Crippen molar-refractivity contribution in [2.24, 2.45) is 0 Å². The molecule has 0 saturated heterocycles. The Kier molecular flexibility index (Phi) is 6.02. The van der Waals surface area contributed by atoms with E-state index >= 15 is 0 Å². The predicted octanol–water partition coefficient (Wildman–Crippen LogP) is 2.61. The summed E-state index contributed by atoms with van der Waals surface area (Å²) in [5, 5.41) is 3.17. The van der Waals surface area contributed by atoms with Gasteiger partial charge in [-0.15, -0.1) is 0 Å². The average Bonchev–Trinajstić information content (AvgIpc) is 2.41. The second-order valence-electron chi connectivity index (χ2n) is 5.17. The maximum atomic E-state index is 11.9. The van der Waals surface area contributed by atoms with Crippen LogP contribution in [0.1, 0.15) is 31.4 Å². The lowest BCUT2D eigenvalue weighted by molar-refractivity contribution is -0.148. The van der Waals surface area contributed by atoms with E-state index in [0.717, 1.165) is 16.9 Å². The summed E-state index contributed by atoms with van der Waals surface area (Å²) in [4.78, 5) is 11.9. The highest BCUT2D eigenvalue weighted by atomic mass is 16.5. The van der Waals surface area contributed by atoms with E-state index in [2.05, 4.69) is 5.32 Å². The summed E-state index contributed by atoms with van der Waals surface area (Å²) in [6.07, 6.45) is 0.557. The molecule has 0 heterocycles. The van der Waals surface area contributed by atoms with E-state index in [0.29, 0.717) is 19.6 Å². The van der Waals surface area contributed by atoms with Gasteiger partial charge in [0, 0.05) is 6.42 Å². The molecular formula is C16H25NO3. The van der Waals surface area contributed by atoms with Crippen molar-refractivity contribution in [3.05, 3.63) is 29.3 Å². The Bertz CT molecular complexity index is 439. The average molecular weight is 279 g/mol. The molecule has 4 heteroatoms. The van der Waals surface area contributed by atoms with E-state index in [1.807, 2.05) is 45.9 Å². The fourth-order valence-electron chi connectivity index (χ4n) is 2.26. The summed E-state index contributed by atoms with van der Waals surface area (Å²) in [6, 6.07) is 6.05. The fraction of sp³-hybridized carbons (Fsp3) is 0.562. The lowest BCUT2D eigenvalue weighted by Gasteiger charge is -2.27. The minimum Gasteiger partial charge on any atom is -0.493 e. The number of carbonyl (C=O) groups is 1. The molecule has 0 saturated carbocycles. The predicted molar refractivity (Wildman–Crippen MR) is 80.1 cm³/mol. The van der Waals surface area contributed by atoms with Gasteiger partial charge in [0.1, 0.15) is 11.3 Å². The third-order valence-electron chi connectivity index (χ3n) is 3.46. The van der Waals surface area contributed by atoms with E-state index in [4.69, 9.17) is 9.47 Å². The van der Waals surface area contributed by atoms with Crippen LogP contribution in [0.3, 0.4) is 0 Å². The van der Waals surface area contributed by atoms with Gasteiger partial charge in [0.2, 0.25) is 0 Å². The van der Waals surface area contributed by atoms with Crippen LogP contribution < -0.4 is 10.1 Å². The Morgan fingerprint density at radius 2 is 1.90 bits per heavy atom. The zero-order chi connectivity index (χ0) is 15.2. The highest BCUT2D eigenvalue weighted by Crippen LogP contribution is 2.23. The van der Waals surface area contributed by atoms with Gasteiger partial charge in [0.25, 0.3) is 0 Å². The van der Waals surface area contributed by atoms with Gasteiger partial charge >= 0.3 is 5.97 Å². The highest BCUT2D eigenvalue weighted by Gasteiger charge is 2.33. The second-order valence-corrected chi connectivity index (χ2v) is 5.17. The molecule has 0 amide bonds. The number of aryl methyl sites for hydroxylation is 2. The zero-order valence-corrected chi connectivity index (χ0v) is 13.1. The van der Waals surface area contributed by atoms with Gasteiger partial charge in [-0.1, -0.05) is 25.1 Å². The first-order valence-electron chi connectivity index (χ1n) is 6.97. The van der Waals surface area contributed by atoms with E-state index in [1.165, 1.54) is 7.11 Å². The Morgan fingerprint density at radius 3 is 2.40 bits per heavy atom. The summed E-state index contributed by atoms with van der Waals surface area (Å²) >= 11 is 0. The monoisotopic (exact) mass is 279 g/mol. The first-order valence-corrected chi connectivity index (χ1v) is 6.97. The Labute approximate surface area is 121 Å². The minimum atomic E-state index is -0.708. The van der Waals surface area contributed by atoms with Crippen molar-refractivity contribution in [3.63, 3.8) is 0 Å². The van der Waals surface area contributed by atoms with Gasteiger partial charge in [-0.05, 0) is 38.4 Å². The maximum absolute atomic E-state index is 11.9. The topological polar surface area (TPSA) is 47.6 Å². The second kappa shape index (κ2) is 7.29. The number of para-hydroxylation sites is 1. The Morgan fingerprint density at radius 1 is 1.30 bits per heavy atom. The van der Waals surface area contributed by atoms with Crippen molar-refractivity contribution in [1.29, 1.82) is 0 Å². The molecule has 0 aliphatic carbocycles. The largest absolute Gasteiger partial charge is 0.493 e. The van der Waals surface area contributed by atoms with Crippen molar-refractivity contribution in [2.75, 3.05) is 20.3 Å². The molecule has 1 aromatic carbocycles.